The molecule has 0 saturated heterocycles. The van der Waals surface area contributed by atoms with Crippen molar-refractivity contribution in [1.29, 1.82) is 0 Å². The average Bonchev–Trinajstić information content (AvgIpc) is 2.54. The quantitative estimate of drug-likeness (QED) is 0.362. The zero-order valence-electron chi connectivity index (χ0n) is 12.3. The Labute approximate surface area is 149 Å². The molecule has 112 valence electrons. The van der Waals surface area contributed by atoms with E-state index in [2.05, 4.69) is 0 Å². The van der Waals surface area contributed by atoms with Gasteiger partial charge in [0, 0.05) is 0 Å². The Balaban J connectivity index is -0.00000000500. The van der Waals surface area contributed by atoms with E-state index < -0.39 is 0 Å². The van der Waals surface area contributed by atoms with Crippen molar-refractivity contribution in [3.05, 3.63) is 0 Å². The van der Waals surface area contributed by atoms with Crippen molar-refractivity contribution in [3.8, 4) is 0 Å². The van der Waals surface area contributed by atoms with Gasteiger partial charge in [-0.25, -0.2) is 0 Å². The summed E-state index contributed by atoms with van der Waals surface area (Å²) < 4.78 is 0. The van der Waals surface area contributed by atoms with E-state index in [1.807, 2.05) is 0 Å². The summed E-state index contributed by atoms with van der Waals surface area (Å²) in [5.41, 5.74) is 0. The van der Waals surface area contributed by atoms with E-state index in [9.17, 15) is 0 Å². The molecule has 0 radical (unpaired) electrons. The maximum atomic E-state index is 8.25. The number of hydrogen-bond acceptors (Lipinski definition) is 8. The summed E-state index contributed by atoms with van der Waals surface area (Å²) in [6.45, 7) is 0. The van der Waals surface area contributed by atoms with Crippen LogP contribution in [-0.4, -0.2) is 56.9 Å². The third kappa shape index (κ3) is 2260. The Morgan fingerprint density at radius 1 is 0.222 bits per heavy atom. The van der Waals surface area contributed by atoms with E-state index in [0.717, 1.165) is 56.9 Å². The first-order valence-corrected chi connectivity index (χ1v) is 3.27. The molecule has 0 rings (SSSR count). The molecule has 0 spiro atoms. The fraction of sp³-hybridized carbons (Fsp3) is 1.00. The normalized spacial score (nSPS) is 2.67. The molecule has 18 heavy (non-hydrogen) atoms. The van der Waals surface area contributed by atoms with Crippen molar-refractivity contribution >= 4 is 0 Å². The van der Waals surface area contributed by atoms with Crippen LogP contribution < -0.4 is 40.9 Å². The van der Waals surface area contributed by atoms with Crippen LogP contribution in [0.3, 0.4) is 0 Å². The van der Waals surface area contributed by atoms with E-state index in [1.54, 1.807) is 0 Å². The predicted molar refractivity (Wildman–Crippen MR) is 47.4 cm³/mol. The standard InChI is InChI=1S/8CH3O.2Zr/c8*1-2;;/h8*1H3;;/q8*-1;2*+4. The molecule has 0 N–H and O–H groups in total. The first kappa shape index (κ1) is 74.2. The van der Waals surface area contributed by atoms with Crippen LogP contribution >= 0.6 is 0 Å². The van der Waals surface area contributed by atoms with Gasteiger partial charge in [-0.15, -0.1) is 0 Å². The molecule has 0 aliphatic carbocycles. The number of rotatable bonds is 0. The van der Waals surface area contributed by atoms with Crippen LogP contribution in [0.4, 0.5) is 0 Å². The molecule has 0 heterocycles. The van der Waals surface area contributed by atoms with E-state index in [1.165, 1.54) is 0 Å². The molecule has 0 amide bonds. The van der Waals surface area contributed by atoms with Gasteiger partial charge in [0.15, 0.2) is 0 Å². The van der Waals surface area contributed by atoms with Crippen LogP contribution in [0.25, 0.3) is 0 Å². The molecule has 0 aromatic rings. The second-order valence-corrected chi connectivity index (χ2v) is 0. The summed E-state index contributed by atoms with van der Waals surface area (Å²) >= 11 is 0. The van der Waals surface area contributed by atoms with Crippen molar-refractivity contribution < 1.29 is 93.3 Å². The SMILES string of the molecule is C[O-].C[O-].C[O-].C[O-].C[O-].C[O-].C[O-].C[O-].[Zr+4].[Zr+4]. The zero-order valence-corrected chi connectivity index (χ0v) is 17.2. The van der Waals surface area contributed by atoms with Gasteiger partial charge in [0.05, 0.1) is 0 Å². The molecular formula is C8H24O8Zr2. The fourth-order valence-corrected chi connectivity index (χ4v) is 0. The minimum Gasteiger partial charge on any atom is -0.857 e. The van der Waals surface area contributed by atoms with Crippen molar-refractivity contribution in [2.24, 2.45) is 0 Å². The van der Waals surface area contributed by atoms with Crippen molar-refractivity contribution in [3.63, 3.8) is 0 Å². The molecule has 10 heteroatoms. The van der Waals surface area contributed by atoms with Crippen LogP contribution in [0.15, 0.2) is 0 Å². The van der Waals surface area contributed by atoms with Crippen LogP contribution in [0.2, 0.25) is 0 Å². The summed E-state index contributed by atoms with van der Waals surface area (Å²) in [5, 5.41) is 66.0. The monoisotopic (exact) mass is 428 g/mol. The summed E-state index contributed by atoms with van der Waals surface area (Å²) in [6, 6.07) is 0. The molecular weight excluding hydrogens is 407 g/mol. The Bertz CT molecular complexity index is 25.1. The van der Waals surface area contributed by atoms with Gasteiger partial charge in [0.1, 0.15) is 0 Å². The van der Waals surface area contributed by atoms with Crippen LogP contribution in [0.1, 0.15) is 0 Å². The first-order chi connectivity index (χ1) is 8.00. The molecule has 0 fully saturated rings. The topological polar surface area (TPSA) is 184 Å². The van der Waals surface area contributed by atoms with Gasteiger partial charge in [0.2, 0.25) is 0 Å². The third-order valence-corrected chi connectivity index (χ3v) is 0. The first-order valence-electron chi connectivity index (χ1n) is 3.27. The maximum absolute atomic E-state index is 8.25. The smallest absolute Gasteiger partial charge is 0.857 e. The van der Waals surface area contributed by atoms with Gasteiger partial charge in [-0.1, -0.05) is 0 Å². The van der Waals surface area contributed by atoms with Gasteiger partial charge in [-0.3, -0.25) is 0 Å². The molecule has 0 atom stereocenters. The second kappa shape index (κ2) is 2680. The second-order valence-electron chi connectivity index (χ2n) is 0. The molecule has 8 nitrogen and oxygen atoms in total. The Morgan fingerprint density at radius 2 is 0.222 bits per heavy atom. The molecule has 0 aromatic carbocycles. The largest absolute Gasteiger partial charge is 4.00 e. The Morgan fingerprint density at radius 3 is 0.222 bits per heavy atom. The van der Waals surface area contributed by atoms with Crippen LogP contribution in [0.5, 0.6) is 0 Å². The number of hydrogen-bond donors (Lipinski definition) is 0. The minimum absolute atomic E-state index is 0. The van der Waals surface area contributed by atoms with Gasteiger partial charge in [0.25, 0.3) is 0 Å². The Hall–Kier alpha value is 1.45. The maximum Gasteiger partial charge on any atom is 4.00 e. The molecule has 0 aliphatic heterocycles. The van der Waals surface area contributed by atoms with E-state index in [0.29, 0.717) is 0 Å². The molecule has 0 bridgehead atoms. The zero-order chi connectivity index (χ0) is 16.0. The van der Waals surface area contributed by atoms with E-state index in [4.69, 9.17) is 40.9 Å². The van der Waals surface area contributed by atoms with Gasteiger partial charge in [-0.05, 0) is 0 Å². The van der Waals surface area contributed by atoms with E-state index in [-0.39, 0.29) is 52.4 Å². The molecule has 0 unspecified atom stereocenters. The summed E-state index contributed by atoms with van der Waals surface area (Å²) in [6.07, 6.45) is 0. The van der Waals surface area contributed by atoms with E-state index >= 15 is 0 Å². The summed E-state index contributed by atoms with van der Waals surface area (Å²) in [7, 11) is 6.00. The Kier molecular flexibility index (Phi) is 11100. The van der Waals surface area contributed by atoms with Crippen LogP contribution in [0, 0.1) is 0 Å². The van der Waals surface area contributed by atoms with Gasteiger partial charge >= 0.3 is 52.4 Å². The molecule has 0 aliphatic rings. The fourth-order valence-electron chi connectivity index (χ4n) is 0. The predicted octanol–water partition coefficient (Wildman–Crippen LogP) is -8.19. The third-order valence-electron chi connectivity index (χ3n) is 0. The summed E-state index contributed by atoms with van der Waals surface area (Å²) in [5.74, 6) is 0. The summed E-state index contributed by atoms with van der Waals surface area (Å²) in [4.78, 5) is 0. The minimum atomic E-state index is 0. The van der Waals surface area contributed by atoms with Crippen molar-refractivity contribution in [1.82, 2.24) is 0 Å². The van der Waals surface area contributed by atoms with Gasteiger partial charge < -0.3 is 40.9 Å². The van der Waals surface area contributed by atoms with Crippen molar-refractivity contribution in [2.75, 3.05) is 56.9 Å². The average molecular weight is 431 g/mol. The van der Waals surface area contributed by atoms with Gasteiger partial charge in [-0.2, -0.15) is 56.9 Å². The van der Waals surface area contributed by atoms with Crippen LogP contribution in [-0.2, 0) is 52.4 Å². The molecule has 0 saturated carbocycles. The molecule has 0 aromatic heterocycles. The van der Waals surface area contributed by atoms with Crippen molar-refractivity contribution in [2.45, 2.75) is 0 Å².